The van der Waals surface area contributed by atoms with Gasteiger partial charge in [-0.3, -0.25) is 4.79 Å². The predicted octanol–water partition coefficient (Wildman–Crippen LogP) is 7.07. The molecule has 0 radical (unpaired) electrons. The number of rotatable bonds is 17. The standard InChI is InChI=1S/C21H46N.C7H5NO3S/c1-5-6-7-8-9-10-11-12-13-14-15-16-17-18-19-20-21-22(2,3)4;9-7-5-3-1-2-4-6(5)12(10,11)8-7/h5-21H2,1-4H3;1-4H,(H,8,9)/q+1;. The number of sulfonamides is 1. The highest BCUT2D eigenvalue weighted by atomic mass is 32.2. The molecule has 1 heterocycles. The predicted molar refractivity (Wildman–Crippen MR) is 144 cm³/mol. The summed E-state index contributed by atoms with van der Waals surface area (Å²) in [5.41, 5.74) is 0.220. The van der Waals surface area contributed by atoms with Gasteiger partial charge in [0.05, 0.1) is 33.3 Å². The van der Waals surface area contributed by atoms with E-state index in [1.54, 1.807) is 12.1 Å². The van der Waals surface area contributed by atoms with E-state index in [1.807, 2.05) is 4.72 Å². The second-order valence-corrected chi connectivity index (χ2v) is 12.4. The number of nitrogens with one attached hydrogen (secondary N) is 1. The number of hydrogen-bond donors (Lipinski definition) is 1. The summed E-state index contributed by atoms with van der Waals surface area (Å²) in [5, 5.41) is 0. The number of benzene rings is 1. The van der Waals surface area contributed by atoms with Gasteiger partial charge in [-0.1, -0.05) is 109 Å². The Bertz CT molecular complexity index is 785. The van der Waals surface area contributed by atoms with Crippen LogP contribution in [-0.4, -0.2) is 46.5 Å². The minimum Gasteiger partial charge on any atom is -0.331 e. The SMILES string of the molecule is CCCCCCCCCCCCCCCCCC[N+](C)(C)C.O=C1NS(=O)(=O)c2ccccc21. The smallest absolute Gasteiger partial charge is 0.266 e. The van der Waals surface area contributed by atoms with E-state index < -0.39 is 15.9 Å². The van der Waals surface area contributed by atoms with Crippen molar-refractivity contribution in [2.75, 3.05) is 27.7 Å². The number of carbonyl (C=O) groups excluding carboxylic acids is 1. The number of nitrogens with zero attached hydrogens (tertiary/aromatic N) is 1. The van der Waals surface area contributed by atoms with E-state index in [0.29, 0.717) is 0 Å². The molecule has 1 amide bonds. The quantitative estimate of drug-likeness (QED) is 0.186. The maximum Gasteiger partial charge on any atom is 0.266 e. The third-order valence-electron chi connectivity index (χ3n) is 6.33. The molecule has 2 rings (SSSR count). The van der Waals surface area contributed by atoms with Gasteiger partial charge in [0.25, 0.3) is 15.9 Å². The van der Waals surface area contributed by atoms with Crippen LogP contribution in [0.15, 0.2) is 29.2 Å². The van der Waals surface area contributed by atoms with E-state index >= 15 is 0 Å². The number of quaternary nitrogens is 1. The van der Waals surface area contributed by atoms with E-state index in [4.69, 9.17) is 0 Å². The highest BCUT2D eigenvalue weighted by Gasteiger charge is 2.31. The van der Waals surface area contributed by atoms with Gasteiger partial charge >= 0.3 is 0 Å². The van der Waals surface area contributed by atoms with Crippen molar-refractivity contribution in [3.05, 3.63) is 29.8 Å². The molecule has 0 fully saturated rings. The molecule has 0 aliphatic carbocycles. The maximum absolute atomic E-state index is 11.1. The molecule has 0 bridgehead atoms. The number of amides is 1. The summed E-state index contributed by atoms with van der Waals surface area (Å²) in [7, 11) is 3.34. The van der Waals surface area contributed by atoms with E-state index in [0.717, 1.165) is 4.48 Å². The second kappa shape index (κ2) is 17.1. The van der Waals surface area contributed by atoms with Crippen LogP contribution in [0.5, 0.6) is 0 Å². The summed E-state index contributed by atoms with van der Waals surface area (Å²) < 4.78 is 25.3. The Morgan fingerprint density at radius 2 is 1.09 bits per heavy atom. The van der Waals surface area contributed by atoms with Gasteiger partial charge in [-0.05, 0) is 25.0 Å². The highest BCUT2D eigenvalue weighted by Crippen LogP contribution is 2.21. The molecule has 5 nitrogen and oxygen atoms in total. The maximum atomic E-state index is 11.1. The fourth-order valence-electron chi connectivity index (χ4n) is 4.25. The van der Waals surface area contributed by atoms with Gasteiger partial charge in [0, 0.05) is 0 Å². The number of unbranched alkanes of at least 4 members (excludes halogenated alkanes) is 15. The molecular formula is C28H51N2O3S+. The number of fused-ring (bicyclic) bond motifs is 1. The lowest BCUT2D eigenvalue weighted by molar-refractivity contribution is -0.870. The van der Waals surface area contributed by atoms with Gasteiger partial charge in [-0.2, -0.15) is 0 Å². The van der Waals surface area contributed by atoms with Crippen molar-refractivity contribution in [2.24, 2.45) is 0 Å². The molecule has 1 aliphatic heterocycles. The highest BCUT2D eigenvalue weighted by molar-refractivity contribution is 7.90. The van der Waals surface area contributed by atoms with Gasteiger partial charge in [0.1, 0.15) is 4.90 Å². The first-order chi connectivity index (χ1) is 16.2. The molecule has 1 aromatic rings. The molecule has 6 heteroatoms. The number of carbonyl (C=O) groups is 1. The van der Waals surface area contributed by atoms with Crippen molar-refractivity contribution in [2.45, 2.75) is 115 Å². The van der Waals surface area contributed by atoms with Crippen molar-refractivity contribution in [1.29, 1.82) is 0 Å². The van der Waals surface area contributed by atoms with E-state index in [2.05, 4.69) is 28.1 Å². The summed E-state index contributed by atoms with van der Waals surface area (Å²) in [6.45, 7) is 3.63. The lowest BCUT2D eigenvalue weighted by Gasteiger charge is -2.23. The Morgan fingerprint density at radius 1 is 0.676 bits per heavy atom. The fourth-order valence-corrected chi connectivity index (χ4v) is 5.43. The van der Waals surface area contributed by atoms with Crippen molar-refractivity contribution in [3.63, 3.8) is 0 Å². The average molecular weight is 496 g/mol. The average Bonchev–Trinajstić information content (AvgIpc) is 3.02. The van der Waals surface area contributed by atoms with Crippen LogP contribution in [0.3, 0.4) is 0 Å². The summed E-state index contributed by atoms with van der Waals surface area (Å²) in [5.74, 6) is -0.550. The Morgan fingerprint density at radius 3 is 1.50 bits per heavy atom. The van der Waals surface area contributed by atoms with Crippen LogP contribution in [0.1, 0.15) is 120 Å². The molecule has 0 unspecified atom stereocenters. The Hall–Kier alpha value is -1.40. The first kappa shape index (κ1) is 30.6. The molecule has 0 saturated heterocycles. The normalized spacial score (nSPS) is 14.3. The van der Waals surface area contributed by atoms with Crippen molar-refractivity contribution >= 4 is 15.9 Å². The van der Waals surface area contributed by atoms with Gasteiger partial charge in [0.2, 0.25) is 0 Å². The molecule has 0 aromatic heterocycles. The van der Waals surface area contributed by atoms with Crippen LogP contribution in [0.2, 0.25) is 0 Å². The van der Waals surface area contributed by atoms with Crippen LogP contribution in [0, 0.1) is 0 Å². The molecule has 1 aliphatic rings. The van der Waals surface area contributed by atoms with Crippen LogP contribution < -0.4 is 4.72 Å². The molecule has 1 N–H and O–H groups in total. The third kappa shape index (κ3) is 14.1. The molecule has 0 atom stereocenters. The van der Waals surface area contributed by atoms with Gasteiger partial charge < -0.3 is 4.48 Å². The second-order valence-electron chi connectivity index (χ2n) is 10.7. The summed E-state index contributed by atoms with van der Waals surface area (Å²) in [6, 6.07) is 6.09. The monoisotopic (exact) mass is 495 g/mol. The van der Waals surface area contributed by atoms with Gasteiger partial charge in [-0.25, -0.2) is 13.1 Å². The van der Waals surface area contributed by atoms with E-state index in [1.165, 1.54) is 121 Å². The first-order valence-electron chi connectivity index (χ1n) is 13.6. The zero-order valence-corrected chi connectivity index (χ0v) is 23.2. The lowest BCUT2D eigenvalue weighted by atomic mass is 10.0. The minimum atomic E-state index is -3.55. The topological polar surface area (TPSA) is 63.2 Å². The van der Waals surface area contributed by atoms with Crippen LogP contribution in [0.4, 0.5) is 0 Å². The lowest BCUT2D eigenvalue weighted by Crippen LogP contribution is -2.35. The fraction of sp³-hybridized carbons (Fsp3) is 0.750. The first-order valence-corrected chi connectivity index (χ1v) is 15.1. The van der Waals surface area contributed by atoms with Crippen molar-refractivity contribution < 1.29 is 17.7 Å². The zero-order valence-electron chi connectivity index (χ0n) is 22.4. The minimum absolute atomic E-state index is 0.0648. The molecule has 34 heavy (non-hydrogen) atoms. The Kier molecular flexibility index (Phi) is 15.4. The van der Waals surface area contributed by atoms with Crippen LogP contribution in [-0.2, 0) is 10.0 Å². The summed E-state index contributed by atoms with van der Waals surface area (Å²) in [6.07, 6.45) is 23.4. The zero-order chi connectivity index (χ0) is 25.3. The molecule has 196 valence electrons. The molecular weight excluding hydrogens is 444 g/mol. The largest absolute Gasteiger partial charge is 0.331 e. The van der Waals surface area contributed by atoms with Crippen molar-refractivity contribution in [3.8, 4) is 0 Å². The van der Waals surface area contributed by atoms with E-state index in [9.17, 15) is 13.2 Å². The Labute approximate surface area is 210 Å². The molecule has 1 aromatic carbocycles. The Balaban J connectivity index is 0.000000398. The molecule has 0 saturated carbocycles. The van der Waals surface area contributed by atoms with Gasteiger partial charge in [0.15, 0.2) is 0 Å². The van der Waals surface area contributed by atoms with Gasteiger partial charge in [-0.15, -0.1) is 0 Å². The summed E-state index contributed by atoms with van der Waals surface area (Å²) in [4.78, 5) is 11.1. The van der Waals surface area contributed by atoms with Crippen LogP contribution in [0.25, 0.3) is 0 Å². The number of hydrogen-bond acceptors (Lipinski definition) is 3. The van der Waals surface area contributed by atoms with Crippen LogP contribution >= 0.6 is 0 Å². The summed E-state index contributed by atoms with van der Waals surface area (Å²) >= 11 is 0. The van der Waals surface area contributed by atoms with Crippen molar-refractivity contribution in [1.82, 2.24) is 4.72 Å². The van der Waals surface area contributed by atoms with E-state index in [-0.39, 0.29) is 10.5 Å². The third-order valence-corrected chi connectivity index (χ3v) is 7.72. The molecule has 0 spiro atoms.